The molecule has 6 aromatic carbocycles. The number of fused-ring (bicyclic) bond motifs is 1. The van der Waals surface area contributed by atoms with Crippen LogP contribution in [0.4, 0.5) is 17.1 Å². The molecule has 0 bridgehead atoms. The number of benzene rings is 6. The van der Waals surface area contributed by atoms with Crippen LogP contribution in [0.1, 0.15) is 11.1 Å². The first-order valence-electron chi connectivity index (χ1n) is 16.2. The highest BCUT2D eigenvalue weighted by Gasteiger charge is 2.16. The van der Waals surface area contributed by atoms with Crippen LogP contribution < -0.4 is 4.90 Å². The predicted octanol–water partition coefficient (Wildman–Crippen LogP) is 11.5. The molecule has 0 saturated carbocycles. The Hall–Kier alpha value is -6.26. The molecule has 0 spiro atoms. The highest BCUT2D eigenvalue weighted by Crippen LogP contribution is 2.36. The van der Waals surface area contributed by atoms with Crippen molar-refractivity contribution < 1.29 is 0 Å². The molecular weight excluding hydrogens is 585 g/mol. The van der Waals surface area contributed by atoms with Gasteiger partial charge in [0, 0.05) is 34.5 Å². The van der Waals surface area contributed by atoms with E-state index in [1.807, 2.05) is 42.6 Å². The van der Waals surface area contributed by atoms with Gasteiger partial charge < -0.3 is 4.90 Å². The smallest absolute Gasteiger partial charge is 0.164 e. The van der Waals surface area contributed by atoms with Crippen LogP contribution in [0.2, 0.25) is 0 Å². The zero-order valence-corrected chi connectivity index (χ0v) is 27.0. The van der Waals surface area contributed by atoms with Gasteiger partial charge in [-0.15, -0.1) is 0 Å². The molecule has 0 N–H and O–H groups in total. The van der Waals surface area contributed by atoms with E-state index in [9.17, 15) is 0 Å². The first kappa shape index (κ1) is 29.2. The summed E-state index contributed by atoms with van der Waals surface area (Å²) in [5, 5.41) is 0. The van der Waals surface area contributed by atoms with Crippen molar-refractivity contribution in [3.8, 4) is 39.5 Å². The Morgan fingerprint density at radius 1 is 0.458 bits per heavy atom. The highest BCUT2D eigenvalue weighted by molar-refractivity contribution is 5.83. The second-order valence-electron chi connectivity index (χ2n) is 12.2. The lowest BCUT2D eigenvalue weighted by Crippen LogP contribution is -2.09. The van der Waals surface area contributed by atoms with Gasteiger partial charge in [0.1, 0.15) is 5.69 Å². The lowest BCUT2D eigenvalue weighted by atomic mass is 10.0. The van der Waals surface area contributed by atoms with Gasteiger partial charge in [0.25, 0.3) is 0 Å². The van der Waals surface area contributed by atoms with Gasteiger partial charge >= 0.3 is 0 Å². The molecule has 8 aromatic rings. The third-order valence-corrected chi connectivity index (χ3v) is 8.83. The maximum Gasteiger partial charge on any atom is 0.164 e. The van der Waals surface area contributed by atoms with Crippen molar-refractivity contribution >= 4 is 28.1 Å². The number of hydrogen-bond acceptors (Lipinski definition) is 3. The molecule has 230 valence electrons. The number of rotatable bonds is 7. The molecule has 8 rings (SSSR count). The molecule has 0 radical (unpaired) electrons. The summed E-state index contributed by atoms with van der Waals surface area (Å²) in [6.45, 7) is 4.24. The van der Waals surface area contributed by atoms with Crippen molar-refractivity contribution in [1.29, 1.82) is 0 Å². The minimum Gasteiger partial charge on any atom is -0.311 e. The Morgan fingerprint density at radius 2 is 0.938 bits per heavy atom. The van der Waals surface area contributed by atoms with Crippen LogP contribution in [-0.2, 0) is 0 Å². The van der Waals surface area contributed by atoms with Crippen LogP contribution in [0.25, 0.3) is 50.5 Å². The van der Waals surface area contributed by atoms with Gasteiger partial charge in [-0.2, -0.15) is 0 Å². The minimum absolute atomic E-state index is 0.830. The second-order valence-corrected chi connectivity index (χ2v) is 12.2. The largest absolute Gasteiger partial charge is 0.311 e. The van der Waals surface area contributed by atoms with Crippen LogP contribution in [0.15, 0.2) is 170 Å². The Morgan fingerprint density at radius 3 is 1.50 bits per heavy atom. The van der Waals surface area contributed by atoms with Gasteiger partial charge in [-0.1, -0.05) is 108 Å². The number of para-hydroxylation sites is 3. The molecule has 48 heavy (non-hydrogen) atoms. The van der Waals surface area contributed by atoms with Gasteiger partial charge in [-0.3, -0.25) is 9.55 Å². The molecule has 0 fully saturated rings. The van der Waals surface area contributed by atoms with Crippen molar-refractivity contribution in [3.63, 3.8) is 0 Å². The minimum atomic E-state index is 0.830. The summed E-state index contributed by atoms with van der Waals surface area (Å²) in [5.41, 5.74) is 14.3. The molecular formula is C44H34N4. The van der Waals surface area contributed by atoms with E-state index in [1.165, 1.54) is 22.3 Å². The quantitative estimate of drug-likeness (QED) is 0.178. The van der Waals surface area contributed by atoms with Gasteiger partial charge in [0.15, 0.2) is 5.82 Å². The Labute approximate surface area is 281 Å². The van der Waals surface area contributed by atoms with Crippen LogP contribution in [0.3, 0.4) is 0 Å². The SMILES string of the molecule is Cc1ccc(N(c2ccc(C)cc2)c2ccc(-c3ccc(-c4ccc(-c5nc6ccccc6n5-c5ccccc5)nc4)cc3)cc2)cc1. The van der Waals surface area contributed by atoms with E-state index >= 15 is 0 Å². The monoisotopic (exact) mass is 618 g/mol. The van der Waals surface area contributed by atoms with Crippen molar-refractivity contribution in [1.82, 2.24) is 14.5 Å². The Kier molecular flexibility index (Phi) is 7.60. The van der Waals surface area contributed by atoms with Crippen molar-refractivity contribution in [2.24, 2.45) is 0 Å². The van der Waals surface area contributed by atoms with Gasteiger partial charge in [-0.25, -0.2) is 4.98 Å². The second kappa shape index (κ2) is 12.5. The van der Waals surface area contributed by atoms with E-state index in [0.717, 1.165) is 56.4 Å². The van der Waals surface area contributed by atoms with E-state index < -0.39 is 0 Å². The van der Waals surface area contributed by atoms with Crippen LogP contribution >= 0.6 is 0 Å². The molecule has 2 heterocycles. The number of hydrogen-bond donors (Lipinski definition) is 0. The first-order valence-corrected chi connectivity index (χ1v) is 16.2. The summed E-state index contributed by atoms with van der Waals surface area (Å²) in [7, 11) is 0. The normalized spacial score (nSPS) is 11.1. The van der Waals surface area contributed by atoms with Crippen LogP contribution in [0, 0.1) is 13.8 Å². The number of imidazole rings is 1. The average molecular weight is 619 g/mol. The summed E-state index contributed by atoms with van der Waals surface area (Å²) >= 11 is 0. The standard InChI is InChI=1S/C44H34N4/c1-31-12-23-38(24-13-31)47(39-25-14-32(2)15-26-39)40-27-20-34(21-28-40)33-16-18-35(19-17-33)36-22-29-42(45-30-36)44-46-41-10-6-7-11-43(41)48(44)37-8-4-3-5-9-37/h3-30H,1-2H3. The molecule has 0 aliphatic rings. The molecule has 0 saturated heterocycles. The summed E-state index contributed by atoms with van der Waals surface area (Å²) in [6.07, 6.45) is 1.94. The van der Waals surface area contributed by atoms with Gasteiger partial charge in [0.05, 0.1) is 11.0 Å². The van der Waals surface area contributed by atoms with E-state index in [1.54, 1.807) is 0 Å². The van der Waals surface area contributed by atoms with E-state index in [0.29, 0.717) is 0 Å². The summed E-state index contributed by atoms with van der Waals surface area (Å²) in [6, 6.07) is 57.7. The fourth-order valence-corrected chi connectivity index (χ4v) is 6.23. The van der Waals surface area contributed by atoms with E-state index in [-0.39, 0.29) is 0 Å². The molecule has 0 aliphatic heterocycles. The Balaban J connectivity index is 1.05. The first-order chi connectivity index (χ1) is 23.6. The lowest BCUT2D eigenvalue weighted by molar-refractivity contribution is 1.08. The van der Waals surface area contributed by atoms with Crippen molar-refractivity contribution in [2.75, 3.05) is 4.90 Å². The Bertz CT molecular complexity index is 2260. The zero-order chi connectivity index (χ0) is 32.5. The van der Waals surface area contributed by atoms with E-state index in [4.69, 9.17) is 9.97 Å². The van der Waals surface area contributed by atoms with Gasteiger partial charge in [0.2, 0.25) is 0 Å². The van der Waals surface area contributed by atoms with Crippen molar-refractivity contribution in [2.45, 2.75) is 13.8 Å². The zero-order valence-electron chi connectivity index (χ0n) is 27.0. The molecule has 4 nitrogen and oxygen atoms in total. The predicted molar refractivity (Wildman–Crippen MR) is 199 cm³/mol. The third kappa shape index (κ3) is 5.65. The average Bonchev–Trinajstić information content (AvgIpc) is 3.54. The number of aromatic nitrogens is 3. The summed E-state index contributed by atoms with van der Waals surface area (Å²) in [5.74, 6) is 0.830. The molecule has 0 aliphatic carbocycles. The highest BCUT2D eigenvalue weighted by atomic mass is 15.1. The fraction of sp³-hybridized carbons (Fsp3) is 0.0455. The number of aryl methyl sites for hydroxylation is 2. The molecule has 0 amide bonds. The molecule has 4 heteroatoms. The fourth-order valence-electron chi connectivity index (χ4n) is 6.23. The van der Waals surface area contributed by atoms with Crippen LogP contribution in [0.5, 0.6) is 0 Å². The molecule has 0 unspecified atom stereocenters. The summed E-state index contributed by atoms with van der Waals surface area (Å²) < 4.78 is 2.18. The van der Waals surface area contributed by atoms with Crippen molar-refractivity contribution in [3.05, 3.63) is 181 Å². The van der Waals surface area contributed by atoms with E-state index in [2.05, 4.69) is 151 Å². The maximum atomic E-state index is 4.96. The number of nitrogens with zero attached hydrogens (tertiary/aromatic N) is 4. The maximum absolute atomic E-state index is 4.96. The van der Waals surface area contributed by atoms with Gasteiger partial charge in [-0.05, 0) is 97.3 Å². The lowest BCUT2D eigenvalue weighted by Gasteiger charge is -2.26. The third-order valence-electron chi connectivity index (χ3n) is 8.83. The molecule has 0 atom stereocenters. The topological polar surface area (TPSA) is 34.0 Å². The number of pyridine rings is 1. The van der Waals surface area contributed by atoms with Crippen LogP contribution in [-0.4, -0.2) is 14.5 Å². The molecule has 2 aromatic heterocycles. The number of anilines is 3. The summed E-state index contributed by atoms with van der Waals surface area (Å²) in [4.78, 5) is 12.2.